The molecule has 1 saturated heterocycles. The van der Waals surface area contributed by atoms with Crippen molar-refractivity contribution in [2.45, 2.75) is 55.1 Å². The molecule has 154 valence electrons. The van der Waals surface area contributed by atoms with Crippen molar-refractivity contribution >= 4 is 15.9 Å². The van der Waals surface area contributed by atoms with Gasteiger partial charge in [0.25, 0.3) is 0 Å². The van der Waals surface area contributed by atoms with Crippen molar-refractivity contribution < 1.29 is 26.4 Å². The highest BCUT2D eigenvalue weighted by atomic mass is 32.2. The Morgan fingerprint density at radius 2 is 1.75 bits per heavy atom. The van der Waals surface area contributed by atoms with E-state index in [4.69, 9.17) is 0 Å². The molecule has 0 aromatic heterocycles. The summed E-state index contributed by atoms with van der Waals surface area (Å²) in [5.41, 5.74) is -1.99. The largest absolute Gasteiger partial charge is 0.417 e. The minimum Gasteiger partial charge on any atom is -0.339 e. The smallest absolute Gasteiger partial charge is 0.339 e. The molecule has 0 unspecified atom stereocenters. The number of alkyl halides is 3. The highest BCUT2D eigenvalue weighted by molar-refractivity contribution is 7.89. The van der Waals surface area contributed by atoms with E-state index < -0.39 is 32.2 Å². The third-order valence-corrected chi connectivity index (χ3v) is 8.12. The highest BCUT2D eigenvalue weighted by Crippen LogP contribution is 2.44. The number of hydrogen-bond acceptors (Lipinski definition) is 3. The molecule has 0 bridgehead atoms. The van der Waals surface area contributed by atoms with Crippen LogP contribution in [0.4, 0.5) is 13.2 Å². The van der Waals surface area contributed by atoms with Crippen molar-refractivity contribution in [2.75, 3.05) is 19.6 Å². The van der Waals surface area contributed by atoms with Gasteiger partial charge in [-0.1, -0.05) is 25.0 Å². The molecule has 1 heterocycles. The molecule has 2 aliphatic carbocycles. The van der Waals surface area contributed by atoms with Crippen LogP contribution in [0.15, 0.2) is 29.2 Å². The van der Waals surface area contributed by atoms with Crippen molar-refractivity contribution in [1.29, 1.82) is 0 Å². The normalized spacial score (nSPS) is 23.5. The Bertz CT molecular complexity index is 875. The van der Waals surface area contributed by atoms with Crippen molar-refractivity contribution in [3.63, 3.8) is 0 Å². The minimum absolute atomic E-state index is 0.274. The maximum absolute atomic E-state index is 13.4. The minimum atomic E-state index is -4.79. The molecule has 28 heavy (non-hydrogen) atoms. The zero-order valence-electron chi connectivity index (χ0n) is 15.4. The second kappa shape index (κ2) is 6.73. The van der Waals surface area contributed by atoms with Gasteiger partial charge in [-0.25, -0.2) is 8.42 Å². The number of nitrogens with zero attached hydrogens (tertiary/aromatic N) is 2. The molecule has 1 aromatic carbocycles. The molecule has 0 N–H and O–H groups in total. The molecule has 5 nitrogen and oxygen atoms in total. The van der Waals surface area contributed by atoms with E-state index >= 15 is 0 Å². The standard InChI is InChI=1S/C19H23F3N2O3S/c20-19(21,22)15-5-1-2-6-16(15)28(26,27)24-12-17(25)23(11-14-7-8-14)13-18(24)9-3-4-10-18/h1-2,5-6,14H,3-4,7-13H2. The Balaban J connectivity index is 1.73. The van der Waals surface area contributed by atoms with E-state index in [1.54, 1.807) is 4.90 Å². The third-order valence-electron chi connectivity index (χ3n) is 6.12. The lowest BCUT2D eigenvalue weighted by atomic mass is 9.94. The van der Waals surface area contributed by atoms with Crippen LogP contribution in [0.1, 0.15) is 44.1 Å². The van der Waals surface area contributed by atoms with E-state index in [-0.39, 0.29) is 19.0 Å². The van der Waals surface area contributed by atoms with E-state index in [0.717, 1.165) is 42.1 Å². The predicted octanol–water partition coefficient (Wildman–Crippen LogP) is 3.26. The molecule has 1 aromatic rings. The Labute approximate surface area is 162 Å². The number of rotatable bonds is 4. The average Bonchev–Trinajstić information content (AvgIpc) is 3.33. The number of hydrogen-bond donors (Lipinski definition) is 0. The van der Waals surface area contributed by atoms with Gasteiger partial charge in [-0.15, -0.1) is 0 Å². The van der Waals surface area contributed by atoms with Crippen LogP contribution in [0.3, 0.4) is 0 Å². The van der Waals surface area contributed by atoms with E-state index in [2.05, 4.69) is 0 Å². The molecular weight excluding hydrogens is 393 g/mol. The van der Waals surface area contributed by atoms with Crippen LogP contribution in [-0.2, 0) is 21.0 Å². The van der Waals surface area contributed by atoms with Gasteiger partial charge in [-0.3, -0.25) is 4.79 Å². The first-order chi connectivity index (χ1) is 13.1. The van der Waals surface area contributed by atoms with Crippen LogP contribution in [0.5, 0.6) is 0 Å². The van der Waals surface area contributed by atoms with Gasteiger partial charge in [0.15, 0.2) is 0 Å². The van der Waals surface area contributed by atoms with Crippen molar-refractivity contribution in [3.8, 4) is 0 Å². The summed E-state index contributed by atoms with van der Waals surface area (Å²) in [5.74, 6) is 0.147. The summed E-state index contributed by atoms with van der Waals surface area (Å²) in [5, 5.41) is 0. The fourth-order valence-electron chi connectivity index (χ4n) is 4.52. The van der Waals surface area contributed by atoms with Crippen molar-refractivity contribution in [3.05, 3.63) is 29.8 Å². The van der Waals surface area contributed by atoms with Gasteiger partial charge in [0.05, 0.1) is 22.5 Å². The molecular formula is C19H23F3N2O3S. The van der Waals surface area contributed by atoms with Gasteiger partial charge in [0.1, 0.15) is 0 Å². The molecule has 4 rings (SSSR count). The predicted molar refractivity (Wildman–Crippen MR) is 95.8 cm³/mol. The lowest BCUT2D eigenvalue weighted by Crippen LogP contribution is -2.64. The van der Waals surface area contributed by atoms with E-state index in [1.807, 2.05) is 0 Å². The maximum atomic E-state index is 13.4. The summed E-state index contributed by atoms with van der Waals surface area (Å²) in [7, 11) is -4.47. The second-order valence-corrected chi connectivity index (χ2v) is 9.99. The first kappa shape index (κ1) is 19.7. The monoisotopic (exact) mass is 416 g/mol. The van der Waals surface area contributed by atoms with Gasteiger partial charge in [-0.05, 0) is 43.7 Å². The summed E-state index contributed by atoms with van der Waals surface area (Å²) >= 11 is 0. The zero-order valence-corrected chi connectivity index (χ0v) is 16.2. The Morgan fingerprint density at radius 3 is 2.36 bits per heavy atom. The van der Waals surface area contributed by atoms with E-state index in [1.165, 1.54) is 12.1 Å². The first-order valence-electron chi connectivity index (χ1n) is 9.60. The number of sulfonamides is 1. The van der Waals surface area contributed by atoms with Gasteiger partial charge >= 0.3 is 6.18 Å². The van der Waals surface area contributed by atoms with Crippen LogP contribution in [0, 0.1) is 5.92 Å². The lowest BCUT2D eigenvalue weighted by molar-refractivity contribution is -0.140. The van der Waals surface area contributed by atoms with Gasteiger partial charge < -0.3 is 4.90 Å². The molecule has 9 heteroatoms. The molecule has 2 saturated carbocycles. The van der Waals surface area contributed by atoms with Gasteiger partial charge in [0.2, 0.25) is 15.9 Å². The molecule has 3 fully saturated rings. The highest BCUT2D eigenvalue weighted by Gasteiger charge is 2.53. The number of carbonyl (C=O) groups excluding carboxylic acids is 1. The van der Waals surface area contributed by atoms with Gasteiger partial charge in [-0.2, -0.15) is 17.5 Å². The van der Waals surface area contributed by atoms with Crippen LogP contribution >= 0.6 is 0 Å². The zero-order chi connectivity index (χ0) is 20.2. The Morgan fingerprint density at radius 1 is 1.11 bits per heavy atom. The second-order valence-electron chi connectivity index (χ2n) is 8.15. The van der Waals surface area contributed by atoms with Crippen LogP contribution in [-0.4, -0.2) is 48.7 Å². The summed E-state index contributed by atoms with van der Waals surface area (Å²) in [6.45, 7) is 0.505. The molecule has 0 atom stereocenters. The number of carbonyl (C=O) groups is 1. The average molecular weight is 416 g/mol. The van der Waals surface area contributed by atoms with Crippen LogP contribution in [0.25, 0.3) is 0 Å². The Hall–Kier alpha value is -1.61. The third kappa shape index (κ3) is 3.43. The number of halogens is 3. The quantitative estimate of drug-likeness (QED) is 0.757. The van der Waals surface area contributed by atoms with Crippen LogP contribution < -0.4 is 0 Å². The topological polar surface area (TPSA) is 57.7 Å². The molecule has 1 aliphatic heterocycles. The number of amides is 1. The van der Waals surface area contributed by atoms with Crippen molar-refractivity contribution in [1.82, 2.24) is 9.21 Å². The summed E-state index contributed by atoms with van der Waals surface area (Å²) in [4.78, 5) is 13.6. The van der Waals surface area contributed by atoms with E-state index in [0.29, 0.717) is 25.3 Å². The maximum Gasteiger partial charge on any atom is 0.417 e. The molecule has 3 aliphatic rings. The van der Waals surface area contributed by atoms with Crippen LogP contribution in [0.2, 0.25) is 0 Å². The summed E-state index contributed by atoms with van der Waals surface area (Å²) < 4.78 is 68.1. The van der Waals surface area contributed by atoms with Crippen molar-refractivity contribution in [2.24, 2.45) is 5.92 Å². The van der Waals surface area contributed by atoms with E-state index in [9.17, 15) is 26.4 Å². The molecule has 1 amide bonds. The van der Waals surface area contributed by atoms with Gasteiger partial charge in [0, 0.05) is 13.1 Å². The summed E-state index contributed by atoms with van der Waals surface area (Å²) in [6.07, 6.45) is 0.0837. The Kier molecular flexibility index (Phi) is 4.73. The number of piperazine rings is 1. The summed E-state index contributed by atoms with van der Waals surface area (Å²) in [6, 6.07) is 4.22. The lowest BCUT2D eigenvalue weighted by Gasteiger charge is -2.47. The molecule has 0 radical (unpaired) electrons. The number of benzene rings is 1. The fourth-order valence-corrected chi connectivity index (χ4v) is 6.50. The molecule has 1 spiro atoms. The first-order valence-corrected chi connectivity index (χ1v) is 11.0. The SMILES string of the molecule is O=C1CN(S(=O)(=O)c2ccccc2C(F)(F)F)C2(CCCC2)CN1CC1CC1. The fraction of sp³-hybridized carbons (Fsp3) is 0.632.